The second-order valence-electron chi connectivity index (χ2n) is 2.66. The Morgan fingerprint density at radius 3 is 2.38 bits per heavy atom. The van der Waals surface area contributed by atoms with E-state index in [1.54, 1.807) is 0 Å². The van der Waals surface area contributed by atoms with Crippen LogP contribution in [0.5, 0.6) is 0 Å². The van der Waals surface area contributed by atoms with E-state index in [0.29, 0.717) is 5.92 Å². The van der Waals surface area contributed by atoms with Gasteiger partial charge in [0.15, 0.2) is 0 Å². The van der Waals surface area contributed by atoms with Crippen LogP contribution in [0.4, 0.5) is 0 Å². The van der Waals surface area contributed by atoms with Crippen LogP contribution in [0.25, 0.3) is 0 Å². The summed E-state index contributed by atoms with van der Waals surface area (Å²) in [5, 5.41) is 3.26. The molecule has 1 radical (unpaired) electrons. The smallest absolute Gasteiger partial charge is 0.0300 e. The molecule has 1 aliphatic carbocycles. The maximum Gasteiger partial charge on any atom is 0.0300 e. The number of rotatable bonds is 0. The summed E-state index contributed by atoms with van der Waals surface area (Å²) in [7, 11) is 0. The van der Waals surface area contributed by atoms with E-state index in [9.17, 15) is 0 Å². The second kappa shape index (κ2) is 1.27. The lowest BCUT2D eigenvalue weighted by Gasteiger charge is -1.93. The molecule has 0 aromatic heterocycles. The average Bonchev–Trinajstić information content (AvgIpc) is 2.22. The molecule has 1 saturated carbocycles. The minimum atomic E-state index is 0.524. The van der Waals surface area contributed by atoms with Crippen LogP contribution in [-0.4, -0.2) is 13.1 Å². The van der Waals surface area contributed by atoms with Gasteiger partial charge in [0.2, 0.25) is 0 Å². The first-order chi connectivity index (χ1) is 3.93. The van der Waals surface area contributed by atoms with E-state index in [2.05, 4.69) is 11.2 Å². The average molecular weight is 106 g/mol. The Morgan fingerprint density at radius 1 is 1.38 bits per heavy atom. The molecule has 1 saturated heterocycles. The normalized spacial score (nSPS) is 50.1. The molecule has 2 rings (SSSR count). The van der Waals surface area contributed by atoms with Crippen LogP contribution in [-0.2, 0) is 0 Å². The van der Waals surface area contributed by atoms with Crippen molar-refractivity contribution >= 4 is 0 Å². The quantitative estimate of drug-likeness (QED) is 0.430. The van der Waals surface area contributed by atoms with Crippen LogP contribution in [0.2, 0.25) is 0 Å². The number of hydrogen-bond acceptors (Lipinski definition) is 1. The summed E-state index contributed by atoms with van der Waals surface area (Å²) in [5.74, 6) is 4.64. The molecule has 0 spiro atoms. The van der Waals surface area contributed by atoms with E-state index in [4.69, 9.17) is 6.42 Å². The number of nitrogens with one attached hydrogen (secondary N) is 1. The van der Waals surface area contributed by atoms with Crippen molar-refractivity contribution in [2.24, 2.45) is 17.8 Å². The van der Waals surface area contributed by atoms with Gasteiger partial charge in [0.1, 0.15) is 0 Å². The topological polar surface area (TPSA) is 12.0 Å². The highest BCUT2D eigenvalue weighted by Gasteiger charge is 2.51. The number of hydrogen-bond donors (Lipinski definition) is 1. The van der Waals surface area contributed by atoms with E-state index in [-0.39, 0.29) is 0 Å². The van der Waals surface area contributed by atoms with E-state index in [1.165, 1.54) is 0 Å². The molecule has 0 aromatic rings. The Hall–Kier alpha value is -0.480. The van der Waals surface area contributed by atoms with Gasteiger partial charge in [0.05, 0.1) is 0 Å². The number of fused-ring (bicyclic) bond motifs is 1. The molecule has 1 N–H and O–H groups in total. The van der Waals surface area contributed by atoms with Crippen molar-refractivity contribution in [1.29, 1.82) is 0 Å². The van der Waals surface area contributed by atoms with Gasteiger partial charge in [-0.25, -0.2) is 0 Å². The molecule has 2 aliphatic rings. The van der Waals surface area contributed by atoms with Gasteiger partial charge < -0.3 is 5.32 Å². The van der Waals surface area contributed by atoms with Crippen molar-refractivity contribution in [1.82, 2.24) is 5.32 Å². The van der Waals surface area contributed by atoms with Gasteiger partial charge in [-0.2, -0.15) is 0 Å². The van der Waals surface area contributed by atoms with E-state index in [0.717, 1.165) is 24.9 Å². The Kier molecular flexibility index (Phi) is 0.698. The van der Waals surface area contributed by atoms with E-state index in [1.807, 2.05) is 0 Å². The zero-order chi connectivity index (χ0) is 5.56. The van der Waals surface area contributed by atoms with Crippen molar-refractivity contribution in [2.75, 3.05) is 13.1 Å². The SMILES string of the molecule is [C]#CC1C2CNCC12. The molecule has 1 aliphatic heterocycles. The minimum Gasteiger partial charge on any atom is -0.316 e. The van der Waals surface area contributed by atoms with Crippen molar-refractivity contribution in [2.45, 2.75) is 0 Å². The molecule has 2 atom stereocenters. The second-order valence-corrected chi connectivity index (χ2v) is 2.66. The first kappa shape index (κ1) is 4.40. The lowest BCUT2D eigenvalue weighted by Crippen LogP contribution is -2.13. The first-order valence-corrected chi connectivity index (χ1v) is 3.06. The van der Waals surface area contributed by atoms with Crippen molar-refractivity contribution in [3.05, 3.63) is 6.42 Å². The van der Waals surface area contributed by atoms with Crippen molar-refractivity contribution in [3.8, 4) is 5.92 Å². The molecular weight excluding hydrogens is 98.1 g/mol. The van der Waals surface area contributed by atoms with Crippen LogP contribution < -0.4 is 5.32 Å². The summed E-state index contributed by atoms with van der Waals surface area (Å²) in [4.78, 5) is 0. The summed E-state index contributed by atoms with van der Waals surface area (Å²) in [6, 6.07) is 0. The summed E-state index contributed by atoms with van der Waals surface area (Å²) >= 11 is 0. The van der Waals surface area contributed by atoms with Gasteiger partial charge in [-0.1, -0.05) is 5.92 Å². The van der Waals surface area contributed by atoms with Gasteiger partial charge in [0.25, 0.3) is 0 Å². The van der Waals surface area contributed by atoms with Gasteiger partial charge in [0, 0.05) is 5.92 Å². The highest BCUT2D eigenvalue weighted by atomic mass is 15.0. The van der Waals surface area contributed by atoms with Crippen LogP contribution >= 0.6 is 0 Å². The van der Waals surface area contributed by atoms with E-state index >= 15 is 0 Å². The Morgan fingerprint density at radius 2 is 2.00 bits per heavy atom. The molecule has 0 bridgehead atoms. The summed E-state index contributed by atoms with van der Waals surface area (Å²) in [5.41, 5.74) is 0. The maximum atomic E-state index is 6.84. The Labute approximate surface area is 49.5 Å². The third-order valence-corrected chi connectivity index (χ3v) is 2.26. The molecule has 2 fully saturated rings. The summed E-state index contributed by atoms with van der Waals surface area (Å²) in [6.45, 7) is 2.25. The summed E-state index contributed by atoms with van der Waals surface area (Å²) < 4.78 is 0. The number of piperidine rings is 1. The lowest BCUT2D eigenvalue weighted by molar-refractivity contribution is 0.679. The predicted molar refractivity (Wildman–Crippen MR) is 30.5 cm³/mol. The fraction of sp³-hybridized carbons (Fsp3) is 0.714. The van der Waals surface area contributed by atoms with Crippen LogP contribution in [0.1, 0.15) is 0 Å². The van der Waals surface area contributed by atoms with Gasteiger partial charge in [-0.3, -0.25) is 0 Å². The molecular formula is C7H8N. The molecule has 2 unspecified atom stereocenters. The highest BCUT2D eigenvalue weighted by Crippen LogP contribution is 2.47. The largest absolute Gasteiger partial charge is 0.316 e. The molecule has 1 heterocycles. The molecule has 1 nitrogen and oxygen atoms in total. The minimum absolute atomic E-state index is 0.524. The van der Waals surface area contributed by atoms with Crippen molar-refractivity contribution < 1.29 is 0 Å². The van der Waals surface area contributed by atoms with Gasteiger partial charge in [-0.05, 0) is 31.3 Å². The fourth-order valence-corrected chi connectivity index (χ4v) is 1.63. The first-order valence-electron chi connectivity index (χ1n) is 3.06. The van der Waals surface area contributed by atoms with Crippen molar-refractivity contribution in [3.63, 3.8) is 0 Å². The zero-order valence-corrected chi connectivity index (χ0v) is 4.65. The maximum absolute atomic E-state index is 6.84. The third kappa shape index (κ3) is 0.367. The fourth-order valence-electron chi connectivity index (χ4n) is 1.63. The highest BCUT2D eigenvalue weighted by molar-refractivity contribution is 5.14. The van der Waals surface area contributed by atoms with Gasteiger partial charge >= 0.3 is 0 Å². The summed E-state index contributed by atoms with van der Waals surface area (Å²) in [6.07, 6.45) is 6.84. The molecule has 1 heteroatoms. The van der Waals surface area contributed by atoms with Crippen LogP contribution in [0.15, 0.2) is 0 Å². The van der Waals surface area contributed by atoms with Gasteiger partial charge in [-0.15, -0.1) is 0 Å². The lowest BCUT2D eigenvalue weighted by atomic mass is 10.3. The Bertz CT molecular complexity index is 135. The molecule has 41 valence electrons. The van der Waals surface area contributed by atoms with Crippen LogP contribution in [0.3, 0.4) is 0 Å². The zero-order valence-electron chi connectivity index (χ0n) is 4.65. The monoisotopic (exact) mass is 106 g/mol. The standard InChI is InChI=1S/C7H8N/c1-2-5-6-3-8-4-7(5)6/h5-8H,3-4H2. The molecule has 0 amide bonds. The van der Waals surface area contributed by atoms with E-state index < -0.39 is 0 Å². The predicted octanol–water partition coefficient (Wildman–Crippen LogP) is 0.0416. The molecule has 8 heavy (non-hydrogen) atoms. The van der Waals surface area contributed by atoms with Crippen LogP contribution in [0, 0.1) is 30.1 Å². The third-order valence-electron chi connectivity index (χ3n) is 2.26. The molecule has 0 aromatic carbocycles. The Balaban J connectivity index is 2.06.